The van der Waals surface area contributed by atoms with Gasteiger partial charge in [-0.2, -0.15) is 0 Å². The van der Waals surface area contributed by atoms with Gasteiger partial charge >= 0.3 is 0 Å². The number of benzene rings is 2. The number of nitrogens with one attached hydrogen (secondary N) is 1. The molecule has 0 fully saturated rings. The number of carbonyl (C=O) groups excluding carboxylic acids is 1. The molecule has 144 valence electrons. The van der Waals surface area contributed by atoms with E-state index in [-0.39, 0.29) is 5.91 Å². The van der Waals surface area contributed by atoms with E-state index in [0.717, 1.165) is 11.4 Å². The second kappa shape index (κ2) is 8.35. The molecule has 2 aromatic heterocycles. The molecule has 4 rings (SSSR count). The maximum absolute atomic E-state index is 12.1. The van der Waals surface area contributed by atoms with Gasteiger partial charge in [-0.05, 0) is 42.8 Å². The number of nitrogens with zero attached hydrogens (tertiary/aromatic N) is 4. The van der Waals surface area contributed by atoms with Gasteiger partial charge in [0.1, 0.15) is 11.6 Å². The minimum atomic E-state index is -0.0684. The van der Waals surface area contributed by atoms with Crippen molar-refractivity contribution >= 4 is 11.6 Å². The number of ether oxygens (including phenoxy) is 1. The van der Waals surface area contributed by atoms with Gasteiger partial charge in [0.2, 0.25) is 11.8 Å². The fourth-order valence-corrected chi connectivity index (χ4v) is 2.83. The zero-order valence-corrected chi connectivity index (χ0v) is 15.8. The summed E-state index contributed by atoms with van der Waals surface area (Å²) >= 11 is 0. The first-order valence-corrected chi connectivity index (χ1v) is 9.13. The second-order valence-corrected chi connectivity index (χ2v) is 6.41. The van der Waals surface area contributed by atoms with E-state index in [4.69, 9.17) is 4.74 Å². The summed E-state index contributed by atoms with van der Waals surface area (Å²) in [5, 5.41) is 11.1. The van der Waals surface area contributed by atoms with Gasteiger partial charge in [0.05, 0.1) is 6.42 Å². The topological polar surface area (TPSA) is 81.9 Å². The average molecular weight is 385 g/mol. The van der Waals surface area contributed by atoms with E-state index in [1.54, 1.807) is 36.5 Å². The van der Waals surface area contributed by atoms with Crippen LogP contribution in [0.15, 0.2) is 79.1 Å². The predicted molar refractivity (Wildman–Crippen MR) is 109 cm³/mol. The standard InChI is InChI=1S/C22H19N5O2/c1-16-23-13-14-27(16)20-11-12-22(26-25-20)29-19-9-7-18(8-10-19)24-21(28)15-17-5-3-2-4-6-17/h2-14H,15H2,1H3,(H,24,28). The molecule has 0 spiro atoms. The van der Waals surface area contributed by atoms with E-state index >= 15 is 0 Å². The molecule has 0 unspecified atom stereocenters. The van der Waals surface area contributed by atoms with E-state index in [9.17, 15) is 4.79 Å². The van der Waals surface area contributed by atoms with Gasteiger partial charge in [-0.25, -0.2) is 4.98 Å². The fraction of sp³-hybridized carbons (Fsp3) is 0.0909. The minimum Gasteiger partial charge on any atom is -0.438 e. The number of aromatic nitrogens is 4. The van der Waals surface area contributed by atoms with Gasteiger partial charge in [0.15, 0.2) is 5.82 Å². The van der Waals surface area contributed by atoms with Crippen LogP contribution in [0.3, 0.4) is 0 Å². The van der Waals surface area contributed by atoms with E-state index in [0.29, 0.717) is 29.6 Å². The monoisotopic (exact) mass is 385 g/mol. The number of rotatable bonds is 6. The second-order valence-electron chi connectivity index (χ2n) is 6.41. The lowest BCUT2D eigenvalue weighted by molar-refractivity contribution is -0.115. The highest BCUT2D eigenvalue weighted by Gasteiger charge is 2.06. The van der Waals surface area contributed by atoms with E-state index < -0.39 is 0 Å². The Labute approximate surface area is 168 Å². The lowest BCUT2D eigenvalue weighted by atomic mass is 10.1. The van der Waals surface area contributed by atoms with Crippen molar-refractivity contribution in [1.29, 1.82) is 0 Å². The summed E-state index contributed by atoms with van der Waals surface area (Å²) in [7, 11) is 0. The maximum Gasteiger partial charge on any atom is 0.238 e. The molecule has 1 N–H and O–H groups in total. The van der Waals surface area contributed by atoms with Crippen LogP contribution in [0, 0.1) is 6.92 Å². The van der Waals surface area contributed by atoms with E-state index in [1.165, 1.54) is 0 Å². The molecule has 7 nitrogen and oxygen atoms in total. The third kappa shape index (κ3) is 4.65. The normalized spacial score (nSPS) is 10.5. The Morgan fingerprint density at radius 1 is 1.00 bits per heavy atom. The van der Waals surface area contributed by atoms with Crippen molar-refractivity contribution in [2.24, 2.45) is 0 Å². The van der Waals surface area contributed by atoms with E-state index in [2.05, 4.69) is 20.5 Å². The van der Waals surface area contributed by atoms with Crippen LogP contribution in [-0.4, -0.2) is 25.7 Å². The molecule has 0 aliphatic rings. The molecule has 0 aliphatic carbocycles. The molecule has 0 bridgehead atoms. The molecular formula is C22H19N5O2. The molecular weight excluding hydrogens is 366 g/mol. The van der Waals surface area contributed by atoms with Crippen LogP contribution in [-0.2, 0) is 11.2 Å². The molecule has 0 radical (unpaired) electrons. The molecule has 0 saturated carbocycles. The number of carbonyl (C=O) groups is 1. The van der Waals surface area contributed by atoms with Gasteiger partial charge in [0.25, 0.3) is 0 Å². The number of imidazole rings is 1. The van der Waals surface area contributed by atoms with Crippen LogP contribution in [0.5, 0.6) is 11.6 Å². The van der Waals surface area contributed by atoms with Crippen molar-refractivity contribution in [2.75, 3.05) is 5.32 Å². The Bertz CT molecular complexity index is 1090. The summed E-state index contributed by atoms with van der Waals surface area (Å²) in [6, 6.07) is 20.3. The molecule has 7 heteroatoms. The Hall–Kier alpha value is -4.00. The molecule has 1 amide bonds. The number of aryl methyl sites for hydroxylation is 1. The Morgan fingerprint density at radius 2 is 1.79 bits per heavy atom. The van der Waals surface area contributed by atoms with Crippen LogP contribution in [0.25, 0.3) is 5.82 Å². The zero-order chi connectivity index (χ0) is 20.1. The summed E-state index contributed by atoms with van der Waals surface area (Å²) in [4.78, 5) is 16.3. The molecule has 2 aromatic carbocycles. The van der Waals surface area contributed by atoms with Crippen molar-refractivity contribution in [3.05, 3.63) is 90.5 Å². The van der Waals surface area contributed by atoms with E-state index in [1.807, 2.05) is 54.1 Å². The third-order valence-corrected chi connectivity index (χ3v) is 4.27. The summed E-state index contributed by atoms with van der Waals surface area (Å²) in [6.07, 6.45) is 3.86. The van der Waals surface area contributed by atoms with Crippen molar-refractivity contribution in [1.82, 2.24) is 19.7 Å². The number of anilines is 1. The SMILES string of the molecule is Cc1nccn1-c1ccc(Oc2ccc(NC(=O)Cc3ccccc3)cc2)nn1. The Kier molecular flexibility index (Phi) is 5.29. The first kappa shape index (κ1) is 18.4. The smallest absolute Gasteiger partial charge is 0.238 e. The van der Waals surface area contributed by atoms with Crippen LogP contribution in [0.1, 0.15) is 11.4 Å². The highest BCUT2D eigenvalue weighted by Crippen LogP contribution is 2.22. The first-order chi connectivity index (χ1) is 14.2. The maximum atomic E-state index is 12.1. The average Bonchev–Trinajstić information content (AvgIpc) is 3.17. The summed E-state index contributed by atoms with van der Waals surface area (Å²) in [6.45, 7) is 1.90. The minimum absolute atomic E-state index is 0.0684. The largest absolute Gasteiger partial charge is 0.438 e. The Balaban J connectivity index is 1.35. The van der Waals surface area contributed by atoms with Crippen LogP contribution in [0.2, 0.25) is 0 Å². The van der Waals surface area contributed by atoms with Crippen LogP contribution < -0.4 is 10.1 Å². The Morgan fingerprint density at radius 3 is 2.45 bits per heavy atom. The van der Waals surface area contributed by atoms with Crippen molar-refractivity contribution < 1.29 is 9.53 Å². The molecule has 2 heterocycles. The molecule has 0 saturated heterocycles. The fourth-order valence-electron chi connectivity index (χ4n) is 2.83. The van der Waals surface area contributed by atoms with Gasteiger partial charge in [0, 0.05) is 24.1 Å². The molecule has 0 atom stereocenters. The van der Waals surface area contributed by atoms with Crippen LogP contribution >= 0.6 is 0 Å². The summed E-state index contributed by atoms with van der Waals surface area (Å²) in [5.41, 5.74) is 1.67. The quantitative estimate of drug-likeness (QED) is 0.544. The van der Waals surface area contributed by atoms with Gasteiger partial charge < -0.3 is 10.1 Å². The number of hydrogen-bond donors (Lipinski definition) is 1. The highest BCUT2D eigenvalue weighted by atomic mass is 16.5. The number of amides is 1. The summed E-state index contributed by atoms with van der Waals surface area (Å²) in [5.74, 6) is 2.42. The molecule has 0 aliphatic heterocycles. The first-order valence-electron chi connectivity index (χ1n) is 9.13. The lowest BCUT2D eigenvalue weighted by Gasteiger charge is -2.08. The van der Waals surface area contributed by atoms with Gasteiger partial charge in [-0.3, -0.25) is 9.36 Å². The van der Waals surface area contributed by atoms with Gasteiger partial charge in [-0.15, -0.1) is 10.2 Å². The molecule has 4 aromatic rings. The van der Waals surface area contributed by atoms with Crippen molar-refractivity contribution in [3.8, 4) is 17.4 Å². The van der Waals surface area contributed by atoms with Crippen molar-refractivity contribution in [2.45, 2.75) is 13.3 Å². The van der Waals surface area contributed by atoms with Crippen LogP contribution in [0.4, 0.5) is 5.69 Å². The molecule has 29 heavy (non-hydrogen) atoms. The lowest BCUT2D eigenvalue weighted by Crippen LogP contribution is -2.14. The predicted octanol–water partition coefficient (Wildman–Crippen LogP) is 3.94. The van der Waals surface area contributed by atoms with Crippen molar-refractivity contribution in [3.63, 3.8) is 0 Å². The number of hydrogen-bond acceptors (Lipinski definition) is 5. The summed E-state index contributed by atoms with van der Waals surface area (Å²) < 4.78 is 7.56. The van der Waals surface area contributed by atoms with Gasteiger partial charge in [-0.1, -0.05) is 30.3 Å². The third-order valence-electron chi connectivity index (χ3n) is 4.27. The highest BCUT2D eigenvalue weighted by molar-refractivity contribution is 5.92. The zero-order valence-electron chi connectivity index (χ0n) is 15.8.